The highest BCUT2D eigenvalue weighted by Crippen LogP contribution is 2.41. The van der Waals surface area contributed by atoms with Crippen LogP contribution in [0.1, 0.15) is 54.6 Å². The second-order valence-electron chi connectivity index (χ2n) is 6.83. The highest BCUT2D eigenvalue weighted by atomic mass is 32.1. The summed E-state index contributed by atoms with van der Waals surface area (Å²) in [5, 5.41) is 13.6. The van der Waals surface area contributed by atoms with Crippen LogP contribution in [0.15, 0.2) is 30.5 Å². The third-order valence-corrected chi connectivity index (χ3v) is 5.25. The van der Waals surface area contributed by atoms with Crippen LogP contribution in [0.25, 0.3) is 0 Å². The van der Waals surface area contributed by atoms with Crippen molar-refractivity contribution in [3.05, 3.63) is 53.1 Å². The number of aliphatic hydroxyl groups is 1. The van der Waals surface area contributed by atoms with Gasteiger partial charge in [-0.3, -0.25) is 4.98 Å². The number of hydrogen-bond acceptors (Lipinski definition) is 3. The first kappa shape index (κ1) is 17.9. The molecule has 5 nitrogen and oxygen atoms in total. The molecule has 2 atom stereocenters. The lowest BCUT2D eigenvalue weighted by atomic mass is 9.97. The lowest BCUT2D eigenvalue weighted by Crippen LogP contribution is -2.32. The van der Waals surface area contributed by atoms with Crippen molar-refractivity contribution in [2.24, 2.45) is 0 Å². The number of pyridine rings is 1. The smallest absolute Gasteiger partial charge is 0.170 e. The summed E-state index contributed by atoms with van der Waals surface area (Å²) in [5.41, 5.74) is 4.68. The Bertz CT molecular complexity index is 756. The molecule has 0 bridgehead atoms. The Morgan fingerprint density at radius 3 is 2.64 bits per heavy atom. The first-order chi connectivity index (χ1) is 12.0. The van der Waals surface area contributed by atoms with Crippen LogP contribution in [0, 0.1) is 13.8 Å². The number of hydrogen-bond donors (Lipinski definition) is 2. The molecule has 134 valence electrons. The number of aromatic nitrogens is 2. The Balaban J connectivity index is 2.10. The van der Waals surface area contributed by atoms with Crippen LogP contribution in [0.2, 0.25) is 0 Å². The standard InChI is InChI=1S/C19H26N4OS/c1-12(2)23-13(3)11-15(14(23)4)18-17(16-7-5-6-8-20-16)21-19(25)22(18)9-10-24/h5-8,11-12,17-18,24H,9-10H2,1-4H3,(H,21,25). The van der Waals surface area contributed by atoms with E-state index in [0.29, 0.717) is 17.7 Å². The van der Waals surface area contributed by atoms with Crippen LogP contribution in [0.3, 0.4) is 0 Å². The molecule has 6 heteroatoms. The molecule has 1 saturated heterocycles. The molecule has 25 heavy (non-hydrogen) atoms. The van der Waals surface area contributed by atoms with Gasteiger partial charge < -0.3 is 19.9 Å². The molecule has 3 rings (SSSR count). The summed E-state index contributed by atoms with van der Waals surface area (Å²) in [6, 6.07) is 8.58. The van der Waals surface area contributed by atoms with E-state index in [4.69, 9.17) is 12.2 Å². The van der Waals surface area contributed by atoms with Gasteiger partial charge in [0.25, 0.3) is 0 Å². The van der Waals surface area contributed by atoms with Crippen molar-refractivity contribution >= 4 is 17.3 Å². The predicted octanol–water partition coefficient (Wildman–Crippen LogP) is 3.05. The quantitative estimate of drug-likeness (QED) is 0.805. The molecule has 0 amide bonds. The van der Waals surface area contributed by atoms with E-state index in [1.807, 2.05) is 24.4 Å². The fourth-order valence-corrected chi connectivity index (χ4v) is 4.32. The van der Waals surface area contributed by atoms with E-state index >= 15 is 0 Å². The number of nitrogens with one attached hydrogen (secondary N) is 1. The number of aryl methyl sites for hydroxylation is 1. The van der Waals surface area contributed by atoms with E-state index in [0.717, 1.165) is 5.69 Å². The molecule has 0 aliphatic carbocycles. The molecular weight excluding hydrogens is 332 g/mol. The van der Waals surface area contributed by atoms with Crippen LogP contribution < -0.4 is 5.32 Å². The maximum Gasteiger partial charge on any atom is 0.170 e. The van der Waals surface area contributed by atoms with Gasteiger partial charge in [0.1, 0.15) is 0 Å². The van der Waals surface area contributed by atoms with Gasteiger partial charge in [-0.25, -0.2) is 0 Å². The molecule has 0 radical (unpaired) electrons. The SMILES string of the molecule is Cc1cc(C2C(c3ccccn3)NC(=S)N2CCO)c(C)n1C(C)C. The van der Waals surface area contributed by atoms with Crippen LogP contribution >= 0.6 is 12.2 Å². The second kappa shape index (κ2) is 7.14. The Morgan fingerprint density at radius 1 is 1.32 bits per heavy atom. The van der Waals surface area contributed by atoms with Crippen molar-refractivity contribution in [2.75, 3.05) is 13.2 Å². The van der Waals surface area contributed by atoms with E-state index in [1.165, 1.54) is 17.0 Å². The molecule has 2 N–H and O–H groups in total. The molecule has 0 spiro atoms. The van der Waals surface area contributed by atoms with Crippen LogP contribution in [-0.4, -0.2) is 37.8 Å². The summed E-state index contributed by atoms with van der Waals surface area (Å²) in [7, 11) is 0. The summed E-state index contributed by atoms with van der Waals surface area (Å²) in [6.07, 6.45) is 1.81. The van der Waals surface area contributed by atoms with Crippen LogP contribution in [0.5, 0.6) is 0 Å². The summed E-state index contributed by atoms with van der Waals surface area (Å²) < 4.78 is 2.35. The van der Waals surface area contributed by atoms with E-state index in [2.05, 4.69) is 53.5 Å². The van der Waals surface area contributed by atoms with Gasteiger partial charge in [0, 0.05) is 30.2 Å². The lowest BCUT2D eigenvalue weighted by Gasteiger charge is -2.27. The fourth-order valence-electron chi connectivity index (χ4n) is 3.99. The van der Waals surface area contributed by atoms with Crippen molar-refractivity contribution in [1.82, 2.24) is 19.8 Å². The molecule has 2 aromatic heterocycles. The minimum absolute atomic E-state index is 0.0215. The summed E-state index contributed by atoms with van der Waals surface area (Å²) in [5.74, 6) is 0. The topological polar surface area (TPSA) is 53.3 Å². The lowest BCUT2D eigenvalue weighted by molar-refractivity contribution is 0.222. The van der Waals surface area contributed by atoms with Gasteiger partial charge >= 0.3 is 0 Å². The Morgan fingerprint density at radius 2 is 2.08 bits per heavy atom. The van der Waals surface area contributed by atoms with E-state index in [1.54, 1.807) is 0 Å². The monoisotopic (exact) mass is 358 g/mol. The zero-order valence-electron chi connectivity index (χ0n) is 15.2. The molecule has 0 saturated carbocycles. The minimum Gasteiger partial charge on any atom is -0.395 e. The van der Waals surface area contributed by atoms with Crippen molar-refractivity contribution in [1.29, 1.82) is 0 Å². The fraction of sp³-hybridized carbons (Fsp3) is 0.474. The van der Waals surface area contributed by atoms with Gasteiger partial charge in [0.15, 0.2) is 5.11 Å². The van der Waals surface area contributed by atoms with Gasteiger partial charge in [-0.1, -0.05) is 6.07 Å². The largest absolute Gasteiger partial charge is 0.395 e. The van der Waals surface area contributed by atoms with Gasteiger partial charge in [-0.15, -0.1) is 0 Å². The van der Waals surface area contributed by atoms with Gasteiger partial charge in [-0.2, -0.15) is 0 Å². The van der Waals surface area contributed by atoms with E-state index in [-0.39, 0.29) is 18.7 Å². The first-order valence-electron chi connectivity index (χ1n) is 8.73. The number of thiocarbonyl (C=S) groups is 1. The number of β-amino-alcohol motifs (C(OH)–C–C–N with tert-alkyl or cyclic N) is 1. The van der Waals surface area contributed by atoms with Crippen LogP contribution in [0.4, 0.5) is 0 Å². The number of aliphatic hydroxyl groups excluding tert-OH is 1. The Kier molecular flexibility index (Phi) is 5.11. The maximum absolute atomic E-state index is 9.53. The van der Waals surface area contributed by atoms with E-state index < -0.39 is 0 Å². The van der Waals surface area contributed by atoms with Gasteiger partial charge in [0.05, 0.1) is 24.4 Å². The predicted molar refractivity (Wildman–Crippen MR) is 104 cm³/mol. The highest BCUT2D eigenvalue weighted by molar-refractivity contribution is 7.80. The minimum atomic E-state index is -0.0265. The highest BCUT2D eigenvalue weighted by Gasteiger charge is 2.41. The molecule has 1 aliphatic heterocycles. The Labute approximate surface area is 154 Å². The van der Waals surface area contributed by atoms with Crippen LogP contribution in [-0.2, 0) is 0 Å². The van der Waals surface area contributed by atoms with Gasteiger partial charge in [0.2, 0.25) is 0 Å². The normalized spacial score (nSPS) is 20.4. The average molecular weight is 359 g/mol. The molecule has 3 heterocycles. The summed E-state index contributed by atoms with van der Waals surface area (Å²) in [6.45, 7) is 9.27. The zero-order valence-corrected chi connectivity index (χ0v) is 16.0. The second-order valence-corrected chi connectivity index (χ2v) is 7.22. The molecule has 0 aromatic carbocycles. The van der Waals surface area contributed by atoms with E-state index in [9.17, 15) is 5.11 Å². The maximum atomic E-state index is 9.53. The molecule has 1 fully saturated rings. The average Bonchev–Trinajstić information content (AvgIpc) is 3.05. The molecule has 2 aromatic rings. The third kappa shape index (κ3) is 3.16. The molecule has 2 unspecified atom stereocenters. The summed E-state index contributed by atoms with van der Waals surface area (Å²) >= 11 is 5.56. The molecular formula is C19H26N4OS. The number of rotatable bonds is 5. The third-order valence-electron chi connectivity index (χ3n) is 4.90. The Hall–Kier alpha value is -1.92. The summed E-state index contributed by atoms with van der Waals surface area (Å²) in [4.78, 5) is 6.63. The zero-order chi connectivity index (χ0) is 18.1. The number of nitrogens with zero attached hydrogens (tertiary/aromatic N) is 3. The van der Waals surface area contributed by atoms with Crippen molar-refractivity contribution in [3.63, 3.8) is 0 Å². The van der Waals surface area contributed by atoms with Crippen molar-refractivity contribution in [2.45, 2.75) is 45.8 Å². The van der Waals surface area contributed by atoms with Gasteiger partial charge in [-0.05, 0) is 63.7 Å². The van der Waals surface area contributed by atoms with Crippen molar-refractivity contribution < 1.29 is 5.11 Å². The molecule has 1 aliphatic rings. The first-order valence-corrected chi connectivity index (χ1v) is 9.13. The van der Waals surface area contributed by atoms with Crippen molar-refractivity contribution in [3.8, 4) is 0 Å².